The summed E-state index contributed by atoms with van der Waals surface area (Å²) in [7, 11) is 4.23. The number of nitrogens with zero attached hydrogens (tertiary/aromatic N) is 2. The van der Waals surface area contributed by atoms with Crippen LogP contribution in [0.1, 0.15) is 0 Å². The summed E-state index contributed by atoms with van der Waals surface area (Å²) >= 11 is 0. The summed E-state index contributed by atoms with van der Waals surface area (Å²) in [5, 5.41) is 0. The standard InChI is InChI=1S/C32H26N2O2/c1-33-26-16-9-10-17-27(26)34(2)29-22-23(20-21-28(29)33)32-30(35-24-12-5-3-6-13-24)18-11-19-31(32)36-25-14-7-4-8-15-25/h3-22H,1-2H3. The molecule has 0 atom stereocenters. The van der Waals surface area contributed by atoms with Crippen LogP contribution in [0.5, 0.6) is 23.0 Å². The van der Waals surface area contributed by atoms with Gasteiger partial charge < -0.3 is 19.3 Å². The van der Waals surface area contributed by atoms with Crippen LogP contribution in [0.15, 0.2) is 121 Å². The van der Waals surface area contributed by atoms with E-state index in [-0.39, 0.29) is 0 Å². The Balaban J connectivity index is 1.49. The highest BCUT2D eigenvalue weighted by Gasteiger charge is 2.25. The van der Waals surface area contributed by atoms with Gasteiger partial charge in [-0.2, -0.15) is 0 Å². The molecule has 4 nitrogen and oxygen atoms in total. The van der Waals surface area contributed by atoms with E-state index in [1.54, 1.807) is 0 Å². The summed E-state index contributed by atoms with van der Waals surface area (Å²) in [5.74, 6) is 3.03. The molecule has 0 amide bonds. The first kappa shape index (κ1) is 21.8. The van der Waals surface area contributed by atoms with Gasteiger partial charge in [0.05, 0.1) is 28.3 Å². The summed E-state index contributed by atoms with van der Waals surface area (Å²) in [5.41, 5.74) is 6.54. The quantitative estimate of drug-likeness (QED) is 0.256. The fraction of sp³-hybridized carbons (Fsp3) is 0.0625. The smallest absolute Gasteiger partial charge is 0.139 e. The van der Waals surface area contributed by atoms with Crippen molar-refractivity contribution in [2.45, 2.75) is 0 Å². The maximum atomic E-state index is 6.39. The summed E-state index contributed by atoms with van der Waals surface area (Å²) < 4.78 is 12.8. The second-order valence-electron chi connectivity index (χ2n) is 8.77. The Morgan fingerprint density at radius 2 is 0.917 bits per heavy atom. The van der Waals surface area contributed by atoms with Crippen molar-refractivity contribution in [2.24, 2.45) is 0 Å². The average Bonchev–Trinajstić information content (AvgIpc) is 2.93. The van der Waals surface area contributed by atoms with Crippen molar-refractivity contribution in [3.05, 3.63) is 121 Å². The molecule has 0 aliphatic carbocycles. The Hall–Kier alpha value is -4.70. The van der Waals surface area contributed by atoms with Crippen LogP contribution in [0.25, 0.3) is 11.1 Å². The van der Waals surface area contributed by atoms with Crippen molar-refractivity contribution in [2.75, 3.05) is 23.9 Å². The molecule has 0 radical (unpaired) electrons. The lowest BCUT2D eigenvalue weighted by Gasteiger charge is -2.36. The average molecular weight is 471 g/mol. The first-order chi connectivity index (χ1) is 17.7. The van der Waals surface area contributed by atoms with E-state index in [2.05, 4.69) is 66.4 Å². The Morgan fingerprint density at radius 3 is 1.47 bits per heavy atom. The molecule has 36 heavy (non-hydrogen) atoms. The molecule has 0 spiro atoms. The lowest BCUT2D eigenvalue weighted by atomic mass is 9.99. The van der Waals surface area contributed by atoms with E-state index in [0.29, 0.717) is 0 Å². The Bertz CT molecular complexity index is 1460. The van der Waals surface area contributed by atoms with Crippen LogP contribution < -0.4 is 19.3 Å². The zero-order valence-corrected chi connectivity index (χ0v) is 20.3. The van der Waals surface area contributed by atoms with Crippen molar-refractivity contribution >= 4 is 22.7 Å². The number of anilines is 4. The summed E-state index contributed by atoms with van der Waals surface area (Å²) in [6, 6.07) is 40.6. The highest BCUT2D eigenvalue weighted by molar-refractivity contribution is 5.95. The maximum absolute atomic E-state index is 6.39. The van der Waals surface area contributed by atoms with Crippen LogP contribution in [0.2, 0.25) is 0 Å². The molecule has 0 fully saturated rings. The maximum Gasteiger partial charge on any atom is 0.139 e. The van der Waals surface area contributed by atoms with Crippen LogP contribution in [-0.2, 0) is 0 Å². The van der Waals surface area contributed by atoms with E-state index in [0.717, 1.165) is 45.5 Å². The van der Waals surface area contributed by atoms with Gasteiger partial charge in [-0.3, -0.25) is 0 Å². The molecular weight excluding hydrogens is 444 g/mol. The zero-order chi connectivity index (χ0) is 24.5. The van der Waals surface area contributed by atoms with Gasteiger partial charge in [-0.15, -0.1) is 0 Å². The molecule has 0 N–H and O–H groups in total. The fourth-order valence-corrected chi connectivity index (χ4v) is 4.72. The summed E-state index contributed by atoms with van der Waals surface area (Å²) in [4.78, 5) is 4.48. The van der Waals surface area contributed by atoms with Gasteiger partial charge >= 0.3 is 0 Å². The van der Waals surface area contributed by atoms with E-state index in [9.17, 15) is 0 Å². The van der Waals surface area contributed by atoms with Gasteiger partial charge in [0.15, 0.2) is 0 Å². The minimum absolute atomic E-state index is 0.738. The SMILES string of the molecule is CN1c2ccccc2N(C)c2cc(-c3c(Oc4ccccc4)cccc3Oc3ccccc3)ccc21. The van der Waals surface area contributed by atoms with Crippen molar-refractivity contribution in [1.29, 1.82) is 0 Å². The number of benzene rings is 5. The van der Waals surface area contributed by atoms with E-state index in [1.807, 2.05) is 78.9 Å². The molecule has 0 bridgehead atoms. The molecule has 4 heteroatoms. The van der Waals surface area contributed by atoms with Crippen LogP contribution in [-0.4, -0.2) is 14.1 Å². The molecule has 6 rings (SSSR count). The normalized spacial score (nSPS) is 12.1. The molecule has 1 aliphatic heterocycles. The lowest BCUT2D eigenvalue weighted by Crippen LogP contribution is -2.24. The fourth-order valence-electron chi connectivity index (χ4n) is 4.72. The number of hydrogen-bond acceptors (Lipinski definition) is 4. The van der Waals surface area contributed by atoms with Gasteiger partial charge in [0, 0.05) is 14.1 Å². The van der Waals surface area contributed by atoms with Gasteiger partial charge in [-0.1, -0.05) is 60.7 Å². The molecule has 0 saturated carbocycles. The Morgan fingerprint density at radius 1 is 0.444 bits per heavy atom. The van der Waals surface area contributed by atoms with Gasteiger partial charge in [0.2, 0.25) is 0 Å². The molecule has 0 unspecified atom stereocenters. The van der Waals surface area contributed by atoms with Gasteiger partial charge in [-0.05, 0) is 66.2 Å². The van der Waals surface area contributed by atoms with Crippen LogP contribution in [0, 0.1) is 0 Å². The van der Waals surface area contributed by atoms with Gasteiger partial charge in [0.1, 0.15) is 23.0 Å². The van der Waals surface area contributed by atoms with Crippen molar-refractivity contribution in [1.82, 2.24) is 0 Å². The van der Waals surface area contributed by atoms with E-state index < -0.39 is 0 Å². The van der Waals surface area contributed by atoms with E-state index >= 15 is 0 Å². The molecule has 5 aromatic carbocycles. The van der Waals surface area contributed by atoms with Crippen molar-refractivity contribution in [3.63, 3.8) is 0 Å². The minimum Gasteiger partial charge on any atom is -0.457 e. The molecule has 0 saturated heterocycles. The highest BCUT2D eigenvalue weighted by atomic mass is 16.5. The second kappa shape index (κ2) is 9.16. The summed E-state index contributed by atoms with van der Waals surface area (Å²) in [6.07, 6.45) is 0. The molecular formula is C32H26N2O2. The van der Waals surface area contributed by atoms with Gasteiger partial charge in [-0.25, -0.2) is 0 Å². The second-order valence-corrected chi connectivity index (χ2v) is 8.77. The number of hydrogen-bond donors (Lipinski definition) is 0. The van der Waals surface area contributed by atoms with Crippen LogP contribution in [0.4, 0.5) is 22.7 Å². The topological polar surface area (TPSA) is 24.9 Å². The number of para-hydroxylation sites is 4. The Kier molecular flexibility index (Phi) is 5.55. The highest BCUT2D eigenvalue weighted by Crippen LogP contribution is 2.49. The third kappa shape index (κ3) is 3.93. The first-order valence-corrected chi connectivity index (χ1v) is 12.0. The largest absolute Gasteiger partial charge is 0.457 e. The molecule has 5 aromatic rings. The first-order valence-electron chi connectivity index (χ1n) is 12.0. The zero-order valence-electron chi connectivity index (χ0n) is 20.3. The Labute approximate surface area is 211 Å². The number of ether oxygens (including phenoxy) is 2. The summed E-state index contributed by atoms with van der Waals surface area (Å²) in [6.45, 7) is 0. The monoisotopic (exact) mass is 470 g/mol. The molecule has 176 valence electrons. The predicted molar refractivity (Wildman–Crippen MR) is 147 cm³/mol. The number of fused-ring (bicyclic) bond motifs is 2. The minimum atomic E-state index is 0.738. The molecule has 0 aromatic heterocycles. The lowest BCUT2D eigenvalue weighted by molar-refractivity contribution is 0.463. The molecule has 1 heterocycles. The van der Waals surface area contributed by atoms with Crippen molar-refractivity contribution < 1.29 is 9.47 Å². The third-order valence-electron chi connectivity index (χ3n) is 6.52. The van der Waals surface area contributed by atoms with E-state index in [1.165, 1.54) is 11.4 Å². The number of rotatable bonds is 5. The van der Waals surface area contributed by atoms with E-state index in [4.69, 9.17) is 9.47 Å². The van der Waals surface area contributed by atoms with Gasteiger partial charge in [0.25, 0.3) is 0 Å². The third-order valence-corrected chi connectivity index (χ3v) is 6.52. The predicted octanol–water partition coefficient (Wildman–Crippen LogP) is 8.79. The van der Waals surface area contributed by atoms with Crippen LogP contribution in [0.3, 0.4) is 0 Å². The van der Waals surface area contributed by atoms with Crippen molar-refractivity contribution in [3.8, 4) is 34.1 Å². The van der Waals surface area contributed by atoms with Crippen LogP contribution >= 0.6 is 0 Å². The molecule has 1 aliphatic rings.